The molecule has 25 nitrogen and oxygen atoms in total. The van der Waals surface area contributed by atoms with E-state index in [1.807, 2.05) is 20.8 Å². The van der Waals surface area contributed by atoms with E-state index in [1.54, 1.807) is 0 Å². The first-order valence-corrected chi connectivity index (χ1v) is 27.4. The lowest BCUT2D eigenvalue weighted by molar-refractivity contribution is -0.392. The Kier molecular flexibility index (Phi) is 17.7. The number of ether oxygens (including phenoxy) is 8. The third-order valence-electron chi connectivity index (χ3n) is 20.8. The number of esters is 1. The number of aliphatic carboxylic acids is 2. The molecule has 5 aliphatic carbocycles. The van der Waals surface area contributed by atoms with Gasteiger partial charge in [0.1, 0.15) is 79.4 Å². The fraction of sp³-hybridized carbons (Fsp3) is 0.870. The Balaban J connectivity index is 1.11. The summed E-state index contributed by atoms with van der Waals surface area (Å²) in [6.45, 7) is 12.0. The van der Waals surface area contributed by atoms with E-state index in [0.29, 0.717) is 32.1 Å². The molecule has 0 spiro atoms. The predicted molar refractivity (Wildman–Crippen MR) is 266 cm³/mol. The van der Waals surface area contributed by atoms with E-state index in [4.69, 9.17) is 37.9 Å². The van der Waals surface area contributed by atoms with Crippen LogP contribution in [-0.4, -0.2) is 232 Å². The molecule has 3 aliphatic heterocycles. The monoisotopic (exact) mass is 1130 g/mol. The van der Waals surface area contributed by atoms with Gasteiger partial charge in [0.2, 0.25) is 0 Å². The van der Waals surface area contributed by atoms with Gasteiger partial charge in [-0.15, -0.1) is 0 Å². The molecule has 0 aromatic rings. The van der Waals surface area contributed by atoms with Crippen LogP contribution in [0.25, 0.3) is 0 Å². The van der Waals surface area contributed by atoms with Crippen LogP contribution < -0.4 is 0 Å². The highest BCUT2D eigenvalue weighted by Crippen LogP contribution is 2.76. The van der Waals surface area contributed by atoms with Crippen molar-refractivity contribution in [2.24, 2.45) is 50.2 Å². The van der Waals surface area contributed by atoms with E-state index < -0.39 is 199 Å². The number of aliphatic hydroxyl groups excluding tert-OH is 12. The van der Waals surface area contributed by atoms with Crippen molar-refractivity contribution in [3.05, 3.63) is 23.5 Å². The molecule has 0 radical (unpaired) electrons. The van der Waals surface area contributed by atoms with Gasteiger partial charge in [-0.05, 0) is 85.9 Å². The number of allylic oxidation sites excluding steroid dienone is 2. The second-order valence-corrected chi connectivity index (χ2v) is 25.4. The lowest BCUT2D eigenvalue weighted by atomic mass is 9.33. The molecule has 0 amide bonds. The first-order chi connectivity index (χ1) is 36.9. The van der Waals surface area contributed by atoms with Crippen molar-refractivity contribution in [2.45, 2.75) is 217 Å². The molecule has 0 aromatic carbocycles. The maximum atomic E-state index is 13.1. The smallest absolute Gasteiger partial charge is 0.335 e. The van der Waals surface area contributed by atoms with Crippen molar-refractivity contribution in [1.82, 2.24) is 0 Å². The Morgan fingerprint density at radius 1 is 0.658 bits per heavy atom. The molecule has 0 aromatic heterocycles. The maximum absolute atomic E-state index is 13.1. The van der Waals surface area contributed by atoms with Crippen LogP contribution in [0.5, 0.6) is 0 Å². The van der Waals surface area contributed by atoms with Crippen molar-refractivity contribution in [3.63, 3.8) is 0 Å². The molecule has 8 rings (SSSR count). The molecule has 4 saturated carbocycles. The number of rotatable bonds is 15. The van der Waals surface area contributed by atoms with Gasteiger partial charge in [-0.2, -0.15) is 0 Å². The van der Waals surface area contributed by atoms with Gasteiger partial charge in [0, 0.05) is 17.8 Å². The van der Waals surface area contributed by atoms with Crippen molar-refractivity contribution in [3.8, 4) is 0 Å². The summed E-state index contributed by atoms with van der Waals surface area (Å²) in [6.07, 6.45) is -27.1. The number of carbonyl (C=O) groups excluding carboxylic acids is 1. The zero-order chi connectivity index (χ0) is 58.4. The van der Waals surface area contributed by atoms with Gasteiger partial charge in [0.05, 0.1) is 55.9 Å². The van der Waals surface area contributed by atoms with Crippen LogP contribution in [0.2, 0.25) is 0 Å². The fourth-order valence-corrected chi connectivity index (χ4v) is 16.2. The quantitative estimate of drug-likeness (QED) is 0.0282. The van der Waals surface area contributed by atoms with E-state index in [9.17, 15) is 85.9 Å². The number of hydrogen-bond acceptors (Lipinski definition) is 23. The highest BCUT2D eigenvalue weighted by atomic mass is 16.8. The molecule has 7 fully saturated rings. The molecule has 3 heterocycles. The number of aliphatic hydroxyl groups is 12. The molecule has 79 heavy (non-hydrogen) atoms. The molecule has 25 heteroatoms. The standard InChI is InChI=1S/C54H84O25/c1-22(44(68)69)19-72-42-43(73-23(2)59)54(21-58)25(15-49(42,3)4)24-9-10-29-50(5)13-12-31(51(6,20-57)28(50)11-14-52(29,7)53(24,8)16-30(54)60)76-48-40(78-47-37(66)35(64)33(62)27(18-56)75-47)38(67)39(41(79-48)45(70)71)77-46-36(65)34(63)32(61)26(17-55)74-46/h9,19,25-43,46-48,55-58,60-67H,10-18,20-21H2,1-8H3,(H,68,69)(H,70,71)/b22-19+/t25?,26-,27-,28?,29?,30-,31?,32-,33-,34+,35+,36-,37-,38+,39+,40-,41+,42?,43+,46+,47+,48?,50?,51-,52?,53-,54?/m1/s1. The van der Waals surface area contributed by atoms with Crippen LogP contribution >= 0.6 is 0 Å². The molecule has 14 N–H and O–H groups in total. The SMILES string of the molecule is CC(=O)O[C@H]1C(O/C=C(\C)C(=O)O)C(C)(C)CC2C3=CCC4C5(C)CCC(OC6O[C@H](C(=O)O)[C@@H](O[C@@H]7O[C@H](CO)[C@@H](O)[C@H](O)[C@H]7O)[C@H](O)[C@H]6O[C@@H]6O[C@H](CO)[C@@H](O)[C@H](O)[C@H]6O)[C@](C)(CO)C5CCC4(C)[C@]3(C)C[C@@H](O)C21CO. The van der Waals surface area contributed by atoms with Crippen molar-refractivity contribution in [2.75, 3.05) is 26.4 Å². The van der Waals surface area contributed by atoms with Crippen LogP contribution in [0, 0.1) is 50.2 Å². The number of hydrogen-bond donors (Lipinski definition) is 14. The fourth-order valence-electron chi connectivity index (χ4n) is 16.2. The predicted octanol–water partition coefficient (Wildman–Crippen LogP) is -1.83. The second-order valence-electron chi connectivity index (χ2n) is 25.4. The minimum Gasteiger partial charge on any atom is -0.493 e. The average Bonchev–Trinajstić information content (AvgIpc) is 3.58. The van der Waals surface area contributed by atoms with Gasteiger partial charge in [-0.25, -0.2) is 9.59 Å². The lowest BCUT2D eigenvalue weighted by Crippen LogP contribution is -2.72. The molecule has 9 unspecified atom stereocenters. The summed E-state index contributed by atoms with van der Waals surface area (Å²) in [4.78, 5) is 37.9. The lowest BCUT2D eigenvalue weighted by Gasteiger charge is -2.72. The van der Waals surface area contributed by atoms with Crippen LogP contribution in [0.15, 0.2) is 23.5 Å². The number of carboxylic acid groups (broad SMARTS) is 2. The van der Waals surface area contributed by atoms with Crippen LogP contribution in [0.4, 0.5) is 0 Å². The minimum absolute atomic E-state index is 0.0963. The molecular formula is C54H84O25. The Labute approximate surface area is 457 Å². The highest BCUT2D eigenvalue weighted by molar-refractivity contribution is 5.85. The Bertz CT molecular complexity index is 2290. The highest BCUT2D eigenvalue weighted by Gasteiger charge is 2.74. The first kappa shape index (κ1) is 62.0. The van der Waals surface area contributed by atoms with Gasteiger partial charge in [-0.3, -0.25) is 4.79 Å². The topological polar surface area (TPSA) is 408 Å². The van der Waals surface area contributed by atoms with Crippen molar-refractivity contribution < 1.29 is 124 Å². The Morgan fingerprint density at radius 2 is 1.24 bits per heavy atom. The second kappa shape index (κ2) is 22.5. The van der Waals surface area contributed by atoms with Gasteiger partial charge in [0.25, 0.3) is 0 Å². The van der Waals surface area contributed by atoms with E-state index in [1.165, 1.54) is 13.8 Å². The summed E-state index contributed by atoms with van der Waals surface area (Å²) >= 11 is 0. The van der Waals surface area contributed by atoms with E-state index in [2.05, 4.69) is 26.8 Å². The number of fused-ring (bicyclic) bond motifs is 7. The van der Waals surface area contributed by atoms with Crippen LogP contribution in [0.3, 0.4) is 0 Å². The van der Waals surface area contributed by atoms with E-state index in [0.717, 1.165) is 11.8 Å². The summed E-state index contributed by atoms with van der Waals surface area (Å²) in [7, 11) is 0. The van der Waals surface area contributed by atoms with E-state index in [-0.39, 0.29) is 30.3 Å². The van der Waals surface area contributed by atoms with Crippen molar-refractivity contribution >= 4 is 17.9 Å². The summed E-state index contributed by atoms with van der Waals surface area (Å²) in [5, 5.41) is 153. The minimum atomic E-state index is -2.18. The summed E-state index contributed by atoms with van der Waals surface area (Å²) in [6, 6.07) is 0. The molecule has 0 bridgehead atoms. The van der Waals surface area contributed by atoms with Gasteiger partial charge in [-0.1, -0.05) is 53.2 Å². The molecule has 450 valence electrons. The molecule has 27 atom stereocenters. The molecular weight excluding hydrogens is 1050 g/mol. The first-order valence-electron chi connectivity index (χ1n) is 27.4. The number of carbonyl (C=O) groups is 3. The van der Waals surface area contributed by atoms with Crippen molar-refractivity contribution in [1.29, 1.82) is 0 Å². The summed E-state index contributed by atoms with van der Waals surface area (Å²) in [5.41, 5.74) is -4.26. The summed E-state index contributed by atoms with van der Waals surface area (Å²) in [5.74, 6) is -4.53. The average molecular weight is 1130 g/mol. The largest absolute Gasteiger partial charge is 0.493 e. The Hall–Kier alpha value is -3.03. The van der Waals surface area contributed by atoms with Gasteiger partial charge >= 0.3 is 17.9 Å². The van der Waals surface area contributed by atoms with Crippen LogP contribution in [0.1, 0.15) is 100 Å². The normalized spacial score (nSPS) is 50.6. The Morgan fingerprint density at radius 3 is 1.76 bits per heavy atom. The zero-order valence-electron chi connectivity index (χ0n) is 45.9. The maximum Gasteiger partial charge on any atom is 0.335 e. The summed E-state index contributed by atoms with van der Waals surface area (Å²) < 4.78 is 48.1. The third-order valence-corrected chi connectivity index (χ3v) is 20.8. The molecule has 8 aliphatic rings. The van der Waals surface area contributed by atoms with Gasteiger partial charge in [0.15, 0.2) is 25.0 Å². The number of carboxylic acids is 2. The van der Waals surface area contributed by atoms with Gasteiger partial charge < -0.3 is 109 Å². The third kappa shape index (κ3) is 9.98. The van der Waals surface area contributed by atoms with E-state index >= 15 is 0 Å². The molecule has 3 saturated heterocycles. The van der Waals surface area contributed by atoms with Crippen LogP contribution in [-0.2, 0) is 52.3 Å². The zero-order valence-corrected chi connectivity index (χ0v) is 45.9.